The van der Waals surface area contributed by atoms with Gasteiger partial charge in [0.15, 0.2) is 29.9 Å². The molecule has 9 nitrogen and oxygen atoms in total. The normalized spacial score (nSPS) is 17.5. The molecule has 0 amide bonds. The van der Waals surface area contributed by atoms with Gasteiger partial charge in [-0.1, -0.05) is 99.1 Å². The summed E-state index contributed by atoms with van der Waals surface area (Å²) in [6, 6.07) is 31.6. The molecule has 0 heterocycles. The van der Waals surface area contributed by atoms with Crippen molar-refractivity contribution in [2.75, 3.05) is 36.0 Å². The summed E-state index contributed by atoms with van der Waals surface area (Å²) in [6.07, 6.45) is 5.63. The fourth-order valence-corrected chi connectivity index (χ4v) is 8.83. The molecule has 0 spiro atoms. The topological polar surface area (TPSA) is 132 Å². The van der Waals surface area contributed by atoms with Crippen LogP contribution >= 0.6 is 0 Å². The van der Waals surface area contributed by atoms with Gasteiger partial charge in [-0.05, 0) is 100 Å². The maximum atomic E-state index is 12.7. The zero-order valence-corrected chi connectivity index (χ0v) is 37.8. The molecule has 5 aromatic rings. The molecule has 328 valence electrons. The van der Waals surface area contributed by atoms with Crippen molar-refractivity contribution in [2.45, 2.75) is 68.2 Å². The number of nitrogens with zero attached hydrogens (tertiary/aromatic N) is 2. The number of hydrogen-bond acceptors (Lipinski definition) is 9. The second kappa shape index (κ2) is 20.5. The van der Waals surface area contributed by atoms with E-state index in [0.717, 1.165) is 61.5 Å². The van der Waals surface area contributed by atoms with Gasteiger partial charge < -0.3 is 20.0 Å². The van der Waals surface area contributed by atoms with Gasteiger partial charge in [0, 0.05) is 77.4 Å². The summed E-state index contributed by atoms with van der Waals surface area (Å²) in [5.41, 5.74) is 6.79. The van der Waals surface area contributed by atoms with E-state index in [1.165, 1.54) is 5.56 Å². The van der Waals surface area contributed by atoms with Gasteiger partial charge in [0.25, 0.3) is 0 Å². The molecule has 2 N–H and O–H groups in total. The number of fused-ring (bicyclic) bond motifs is 2. The quantitative estimate of drug-likeness (QED) is 0.0675. The van der Waals surface area contributed by atoms with Crippen molar-refractivity contribution in [3.05, 3.63) is 159 Å². The van der Waals surface area contributed by atoms with Gasteiger partial charge in [0.05, 0.1) is 11.1 Å². The molecule has 5 aromatic carbocycles. The van der Waals surface area contributed by atoms with Gasteiger partial charge >= 0.3 is 0 Å². The van der Waals surface area contributed by atoms with Crippen molar-refractivity contribution in [1.29, 1.82) is 0 Å². The van der Waals surface area contributed by atoms with Crippen molar-refractivity contribution in [1.82, 2.24) is 0 Å². The summed E-state index contributed by atoms with van der Waals surface area (Å²) < 4.78 is 0. The number of carbonyl (C=O) groups excluding carboxylic acids is 5. The number of phenolic OH excluding ortho intramolecular Hbond substituents is 2. The van der Waals surface area contributed by atoms with Crippen LogP contribution in [0.3, 0.4) is 0 Å². The number of Topliss-reactive ketones (excluding diaryl/α,β-unsaturated/α-hetero) is 1. The van der Waals surface area contributed by atoms with Gasteiger partial charge in [-0.3, -0.25) is 24.0 Å². The van der Waals surface area contributed by atoms with E-state index in [2.05, 4.69) is 67.8 Å². The zero-order chi connectivity index (χ0) is 46.1. The van der Waals surface area contributed by atoms with Gasteiger partial charge in [-0.2, -0.15) is 0 Å². The Morgan fingerprint density at radius 2 is 1.06 bits per heavy atom. The highest BCUT2D eigenvalue weighted by molar-refractivity contribution is 6.15. The van der Waals surface area contributed by atoms with E-state index in [-0.39, 0.29) is 45.0 Å². The first kappa shape index (κ1) is 47.4. The van der Waals surface area contributed by atoms with Crippen LogP contribution in [0, 0.1) is 23.7 Å². The summed E-state index contributed by atoms with van der Waals surface area (Å²) in [6.45, 7) is 20.1. The van der Waals surface area contributed by atoms with Crippen molar-refractivity contribution >= 4 is 47.4 Å². The van der Waals surface area contributed by atoms with Gasteiger partial charge in [-0.25, -0.2) is 0 Å². The summed E-state index contributed by atoms with van der Waals surface area (Å²) in [5.74, 6) is -0.0385. The molecule has 2 aliphatic carbocycles. The summed E-state index contributed by atoms with van der Waals surface area (Å²) in [7, 11) is 0. The monoisotopic (exact) mass is 848 g/mol. The molecule has 2 aliphatic rings. The van der Waals surface area contributed by atoms with E-state index in [9.17, 15) is 34.2 Å². The second-order valence-corrected chi connectivity index (χ2v) is 16.8. The Bertz CT molecular complexity index is 2370. The molecule has 9 heteroatoms. The standard InChI is InChI=1S/2C18H19NO3.C18H22O/c2*1-3-19(4-2)14-9-10-16(17(21)11-14)18(22)15-8-6-5-7-13(15)12-20;1-12-5-7-13(8-6-12)11-14-15-9-10-18(4,16(14)19)17(15,2)3/h2*5-12,21H,3-4H2,1-2H3;5-8,11,15H,9-10H2,1-4H3. The molecule has 0 saturated heterocycles. The van der Waals surface area contributed by atoms with Crippen molar-refractivity contribution < 1.29 is 34.2 Å². The van der Waals surface area contributed by atoms with Crippen LogP contribution in [0.1, 0.15) is 125 Å². The van der Waals surface area contributed by atoms with Gasteiger partial charge in [0.1, 0.15) is 11.5 Å². The lowest BCUT2D eigenvalue weighted by molar-refractivity contribution is -0.125. The van der Waals surface area contributed by atoms with Crippen LogP contribution in [-0.2, 0) is 4.79 Å². The first-order valence-corrected chi connectivity index (χ1v) is 21.8. The Morgan fingerprint density at radius 1 is 0.635 bits per heavy atom. The summed E-state index contributed by atoms with van der Waals surface area (Å²) >= 11 is 0. The number of ketones is 3. The second-order valence-electron chi connectivity index (χ2n) is 16.8. The first-order valence-electron chi connectivity index (χ1n) is 21.8. The Balaban J connectivity index is 0.000000179. The average molecular weight is 849 g/mol. The molecule has 63 heavy (non-hydrogen) atoms. The predicted octanol–water partition coefficient (Wildman–Crippen LogP) is 11.0. The number of allylic oxidation sites excluding steroid dienone is 1. The minimum absolute atomic E-state index is 0.0740. The fraction of sp³-hybridized carbons (Fsp3) is 0.315. The predicted molar refractivity (Wildman–Crippen MR) is 253 cm³/mol. The highest BCUT2D eigenvalue weighted by Gasteiger charge is 2.63. The highest BCUT2D eigenvalue weighted by Crippen LogP contribution is 2.65. The van der Waals surface area contributed by atoms with Crippen LogP contribution < -0.4 is 9.80 Å². The molecule has 2 bridgehead atoms. The number of aryl methyl sites for hydroxylation is 1. The largest absolute Gasteiger partial charge is 0.507 e. The lowest BCUT2D eigenvalue weighted by atomic mass is 9.70. The van der Waals surface area contributed by atoms with Gasteiger partial charge in [-0.15, -0.1) is 0 Å². The SMILES string of the molecule is CCN(CC)c1ccc(C(=O)c2ccccc2C=O)c(O)c1.CCN(CC)c1ccc(C(=O)c2ccccc2C=O)c(O)c1.Cc1ccc(C=C2C(=O)C3(C)CCC2C3(C)C)cc1. The molecule has 0 aliphatic heterocycles. The van der Waals surface area contributed by atoms with Gasteiger partial charge in [0.2, 0.25) is 0 Å². The summed E-state index contributed by atoms with van der Waals surface area (Å²) in [4.78, 5) is 64.0. The van der Waals surface area contributed by atoms with E-state index < -0.39 is 0 Å². The molecule has 2 saturated carbocycles. The van der Waals surface area contributed by atoms with Crippen molar-refractivity contribution in [3.8, 4) is 11.5 Å². The number of rotatable bonds is 13. The fourth-order valence-electron chi connectivity index (χ4n) is 8.83. The minimum Gasteiger partial charge on any atom is -0.507 e. The smallest absolute Gasteiger partial charge is 0.197 e. The Morgan fingerprint density at radius 3 is 1.43 bits per heavy atom. The van der Waals surface area contributed by atoms with E-state index in [0.29, 0.717) is 46.5 Å². The number of hydrogen-bond donors (Lipinski definition) is 2. The molecule has 2 atom stereocenters. The Labute approximate surface area is 372 Å². The number of aldehydes is 2. The molecule has 2 fully saturated rings. The van der Waals surface area contributed by atoms with Crippen LogP contribution in [0.25, 0.3) is 6.08 Å². The average Bonchev–Trinajstić information content (AvgIpc) is 3.61. The number of benzene rings is 5. The Hall–Kier alpha value is -6.61. The lowest BCUT2D eigenvalue weighted by Gasteiger charge is -2.31. The lowest BCUT2D eigenvalue weighted by Crippen LogP contribution is -2.32. The van der Waals surface area contributed by atoms with E-state index in [1.807, 2.05) is 39.8 Å². The number of carbonyl (C=O) groups is 5. The maximum absolute atomic E-state index is 12.7. The third kappa shape index (κ3) is 9.88. The number of phenols is 2. The van der Waals surface area contributed by atoms with Crippen LogP contribution in [0.2, 0.25) is 0 Å². The molecule has 0 radical (unpaired) electrons. The highest BCUT2D eigenvalue weighted by atomic mass is 16.3. The Kier molecular flexibility index (Phi) is 15.4. The molecule has 0 aromatic heterocycles. The molecular weight excluding hydrogens is 789 g/mol. The van der Waals surface area contributed by atoms with Crippen molar-refractivity contribution in [2.24, 2.45) is 16.7 Å². The molecule has 2 unspecified atom stereocenters. The third-order valence-electron chi connectivity index (χ3n) is 13.1. The maximum Gasteiger partial charge on any atom is 0.197 e. The minimum atomic E-state index is -0.355. The van der Waals surface area contributed by atoms with E-state index in [4.69, 9.17) is 0 Å². The van der Waals surface area contributed by atoms with Crippen LogP contribution in [0.4, 0.5) is 11.4 Å². The summed E-state index contributed by atoms with van der Waals surface area (Å²) in [5, 5.41) is 20.4. The molecule has 7 rings (SSSR count). The van der Waals surface area contributed by atoms with Crippen LogP contribution in [0.15, 0.2) is 115 Å². The van der Waals surface area contributed by atoms with Crippen LogP contribution in [-0.4, -0.2) is 66.3 Å². The van der Waals surface area contributed by atoms with Crippen LogP contribution in [0.5, 0.6) is 11.5 Å². The third-order valence-corrected chi connectivity index (χ3v) is 13.1. The van der Waals surface area contributed by atoms with Crippen molar-refractivity contribution in [3.63, 3.8) is 0 Å². The molecular formula is C54H60N2O7. The number of anilines is 2. The zero-order valence-electron chi connectivity index (χ0n) is 37.8. The number of aromatic hydroxyl groups is 2. The van der Waals surface area contributed by atoms with E-state index in [1.54, 1.807) is 72.8 Å². The van der Waals surface area contributed by atoms with E-state index >= 15 is 0 Å². The first-order chi connectivity index (χ1) is 30.1.